The molecule has 2 fully saturated rings. The average Bonchev–Trinajstić information content (AvgIpc) is 3.14. The number of aromatic nitrogens is 1. The number of nitrogens with zero attached hydrogens (tertiary/aromatic N) is 2. The van der Waals surface area contributed by atoms with E-state index in [2.05, 4.69) is 15.8 Å². The number of rotatable bonds is 6. The van der Waals surface area contributed by atoms with Crippen molar-refractivity contribution >= 4 is 34.7 Å². The van der Waals surface area contributed by atoms with Gasteiger partial charge in [0.15, 0.2) is 11.4 Å². The van der Waals surface area contributed by atoms with Gasteiger partial charge < -0.3 is 30.5 Å². The molecule has 1 aliphatic carbocycles. The lowest BCUT2D eigenvalue weighted by atomic mass is 9.82. The van der Waals surface area contributed by atoms with E-state index in [1.54, 1.807) is 37.8 Å². The molecule has 190 valence electrons. The zero-order valence-corrected chi connectivity index (χ0v) is 20.6. The molecule has 2 aliphatic rings. The molecule has 0 bridgehead atoms. The van der Waals surface area contributed by atoms with Gasteiger partial charge in [-0.3, -0.25) is 9.59 Å². The monoisotopic (exact) mass is 485 g/mol. The number of likely N-dealkylation sites (tertiary alicyclic amines) is 1. The summed E-state index contributed by atoms with van der Waals surface area (Å²) in [5.74, 6) is -0.0741. The Morgan fingerprint density at radius 1 is 1.20 bits per heavy atom. The third kappa shape index (κ3) is 5.86. The molecule has 0 spiro atoms. The predicted molar refractivity (Wildman–Crippen MR) is 130 cm³/mol. The molecule has 35 heavy (non-hydrogen) atoms. The van der Waals surface area contributed by atoms with Gasteiger partial charge in [-0.15, -0.1) is 0 Å². The first kappa shape index (κ1) is 24.8. The van der Waals surface area contributed by atoms with E-state index in [1.807, 2.05) is 6.07 Å². The van der Waals surface area contributed by atoms with Gasteiger partial charge in [-0.1, -0.05) is 30.5 Å². The number of nitrogen functional groups attached to an aromatic ring is 1. The number of alkyl carbamates (subject to hydrolysis) is 1. The van der Waals surface area contributed by atoms with E-state index >= 15 is 0 Å². The Morgan fingerprint density at radius 2 is 1.94 bits per heavy atom. The van der Waals surface area contributed by atoms with Crippen LogP contribution in [0.5, 0.6) is 0 Å². The molecule has 1 aromatic heterocycles. The Kier molecular flexibility index (Phi) is 7.18. The predicted octanol–water partition coefficient (Wildman–Crippen LogP) is 3.10. The molecule has 1 aromatic carbocycles. The molecule has 10 heteroatoms. The molecule has 10 nitrogen and oxygen atoms in total. The van der Waals surface area contributed by atoms with Crippen molar-refractivity contribution in [3.05, 3.63) is 23.8 Å². The van der Waals surface area contributed by atoms with Crippen molar-refractivity contribution in [2.45, 2.75) is 83.5 Å². The molecule has 2 atom stereocenters. The minimum absolute atomic E-state index is 0.0362. The first-order chi connectivity index (χ1) is 16.6. The molecule has 4 N–H and O–H groups in total. The summed E-state index contributed by atoms with van der Waals surface area (Å²) in [6.07, 6.45) is 4.89. The third-order valence-electron chi connectivity index (χ3n) is 6.70. The van der Waals surface area contributed by atoms with Crippen LogP contribution in [0.25, 0.3) is 11.0 Å². The number of carbonyl (C=O) groups is 3. The molecular formula is C25H35N5O5. The molecule has 2 heterocycles. The second-order valence-corrected chi connectivity index (χ2v) is 10.5. The minimum Gasteiger partial charge on any atom is -0.444 e. The van der Waals surface area contributed by atoms with E-state index < -0.39 is 23.8 Å². The number of amides is 3. The van der Waals surface area contributed by atoms with Crippen molar-refractivity contribution in [3.8, 4) is 0 Å². The van der Waals surface area contributed by atoms with Gasteiger partial charge in [0.05, 0.1) is 5.39 Å². The number of carbonyl (C=O) groups excluding carboxylic acids is 3. The van der Waals surface area contributed by atoms with Gasteiger partial charge in [-0.25, -0.2) is 4.79 Å². The number of fused-ring (bicyclic) bond motifs is 1. The number of nitrogens with two attached hydrogens (primary N) is 1. The summed E-state index contributed by atoms with van der Waals surface area (Å²) < 4.78 is 10.6. The Bertz CT molecular complexity index is 1090. The molecule has 0 radical (unpaired) electrons. The normalized spacial score (nSPS) is 19.6. The molecule has 2 aromatic rings. The number of nitrogens with one attached hydrogen (secondary N) is 2. The quantitative estimate of drug-likeness (QED) is 0.571. The third-order valence-corrected chi connectivity index (χ3v) is 6.70. The van der Waals surface area contributed by atoms with Crippen molar-refractivity contribution in [1.82, 2.24) is 20.7 Å². The van der Waals surface area contributed by atoms with E-state index in [-0.39, 0.29) is 24.3 Å². The second-order valence-electron chi connectivity index (χ2n) is 10.5. The van der Waals surface area contributed by atoms with Gasteiger partial charge in [-0.2, -0.15) is 0 Å². The van der Waals surface area contributed by atoms with E-state index in [0.29, 0.717) is 24.4 Å². The van der Waals surface area contributed by atoms with Gasteiger partial charge in [0.1, 0.15) is 17.7 Å². The lowest BCUT2D eigenvalue weighted by molar-refractivity contribution is -0.150. The fourth-order valence-corrected chi connectivity index (χ4v) is 4.80. The minimum atomic E-state index is -0.694. The zero-order valence-electron chi connectivity index (χ0n) is 20.6. The van der Waals surface area contributed by atoms with Crippen LogP contribution >= 0.6 is 0 Å². The Hall–Kier alpha value is -3.30. The number of hydrogen-bond donors (Lipinski definition) is 3. The first-order valence-corrected chi connectivity index (χ1v) is 12.3. The highest BCUT2D eigenvalue weighted by Crippen LogP contribution is 2.30. The van der Waals surface area contributed by atoms with Crippen LogP contribution < -0.4 is 16.4 Å². The van der Waals surface area contributed by atoms with Crippen molar-refractivity contribution in [1.29, 1.82) is 0 Å². The maximum absolute atomic E-state index is 13.5. The lowest BCUT2D eigenvalue weighted by Crippen LogP contribution is -2.63. The Balaban J connectivity index is 1.39. The van der Waals surface area contributed by atoms with Gasteiger partial charge in [0.2, 0.25) is 11.8 Å². The van der Waals surface area contributed by atoms with Gasteiger partial charge in [-0.05, 0) is 63.6 Å². The summed E-state index contributed by atoms with van der Waals surface area (Å²) in [6.45, 7) is 6.13. The molecule has 4 rings (SSSR count). The van der Waals surface area contributed by atoms with Crippen LogP contribution in [0.15, 0.2) is 22.7 Å². The van der Waals surface area contributed by atoms with Crippen LogP contribution in [0.2, 0.25) is 0 Å². The number of anilines is 1. The number of ether oxygens (including phenoxy) is 1. The number of hydrogen-bond acceptors (Lipinski definition) is 7. The molecule has 1 saturated carbocycles. The topological polar surface area (TPSA) is 140 Å². The smallest absolute Gasteiger partial charge is 0.408 e. The van der Waals surface area contributed by atoms with Crippen LogP contribution in [-0.2, 0) is 20.9 Å². The molecule has 1 aliphatic heterocycles. The van der Waals surface area contributed by atoms with Crippen molar-refractivity contribution in [2.75, 3.05) is 12.3 Å². The summed E-state index contributed by atoms with van der Waals surface area (Å²) in [7, 11) is 0. The highest BCUT2D eigenvalue weighted by molar-refractivity contribution is 5.93. The van der Waals surface area contributed by atoms with Crippen molar-refractivity contribution < 1.29 is 23.6 Å². The van der Waals surface area contributed by atoms with E-state index in [0.717, 1.165) is 43.1 Å². The average molecular weight is 486 g/mol. The summed E-state index contributed by atoms with van der Waals surface area (Å²) >= 11 is 0. The van der Waals surface area contributed by atoms with Gasteiger partial charge in [0, 0.05) is 13.1 Å². The van der Waals surface area contributed by atoms with Crippen LogP contribution in [-0.4, -0.2) is 52.2 Å². The van der Waals surface area contributed by atoms with E-state index in [4.69, 9.17) is 15.0 Å². The van der Waals surface area contributed by atoms with Crippen LogP contribution in [0.3, 0.4) is 0 Å². The van der Waals surface area contributed by atoms with Crippen molar-refractivity contribution in [3.63, 3.8) is 0 Å². The molecular weight excluding hydrogens is 450 g/mol. The van der Waals surface area contributed by atoms with Crippen molar-refractivity contribution in [2.24, 2.45) is 5.92 Å². The van der Waals surface area contributed by atoms with E-state index in [1.165, 1.54) is 0 Å². The first-order valence-electron chi connectivity index (χ1n) is 12.3. The summed E-state index contributed by atoms with van der Waals surface area (Å²) in [6, 6.07) is 4.19. The maximum Gasteiger partial charge on any atom is 0.408 e. The van der Waals surface area contributed by atoms with Gasteiger partial charge >= 0.3 is 6.09 Å². The Labute approximate surface area is 204 Å². The largest absolute Gasteiger partial charge is 0.444 e. The maximum atomic E-state index is 13.5. The summed E-state index contributed by atoms with van der Waals surface area (Å²) in [5.41, 5.74) is 6.48. The van der Waals surface area contributed by atoms with E-state index in [9.17, 15) is 14.4 Å². The SMILES string of the molecule is CC(C)(C)OC(=O)N[C@@H](C(=O)N1CC[C@H]1C(=O)NCc1ccc2c(N)noc2c1)C1CCCCC1. The highest BCUT2D eigenvalue weighted by Gasteiger charge is 2.43. The highest BCUT2D eigenvalue weighted by atomic mass is 16.6. The Morgan fingerprint density at radius 3 is 2.60 bits per heavy atom. The number of benzene rings is 1. The lowest BCUT2D eigenvalue weighted by Gasteiger charge is -2.43. The zero-order chi connectivity index (χ0) is 25.2. The molecule has 3 amide bonds. The second kappa shape index (κ2) is 10.1. The molecule has 0 unspecified atom stereocenters. The van der Waals surface area contributed by atoms with Crippen LogP contribution in [0.4, 0.5) is 10.6 Å². The van der Waals surface area contributed by atoms with Crippen LogP contribution in [0, 0.1) is 5.92 Å². The van der Waals surface area contributed by atoms with Gasteiger partial charge in [0.25, 0.3) is 0 Å². The van der Waals surface area contributed by atoms with Crippen LogP contribution in [0.1, 0.15) is 64.9 Å². The molecule has 1 saturated heterocycles. The summed E-state index contributed by atoms with van der Waals surface area (Å²) in [5, 5.41) is 10.2. The standard InChI is InChI=1S/C25H35N5O5/c1-25(2,3)34-24(33)28-20(16-7-5-4-6-8-16)23(32)30-12-11-18(30)22(31)27-14-15-9-10-17-19(13-15)35-29-21(17)26/h9-10,13,16,18,20H,4-8,11-12,14H2,1-3H3,(H2,26,29)(H,27,31)(H,28,33)/t18-,20+/m0/s1. The fraction of sp³-hybridized carbons (Fsp3) is 0.600. The summed E-state index contributed by atoms with van der Waals surface area (Å²) in [4.78, 5) is 40.5. The fourth-order valence-electron chi connectivity index (χ4n) is 4.80.